The predicted octanol–water partition coefficient (Wildman–Crippen LogP) is 4.54. The highest BCUT2D eigenvalue weighted by molar-refractivity contribution is 5.96. The summed E-state index contributed by atoms with van der Waals surface area (Å²) in [6.07, 6.45) is 3.23. The van der Waals surface area contributed by atoms with Crippen molar-refractivity contribution in [1.82, 2.24) is 14.5 Å². The first-order chi connectivity index (χ1) is 17.9. The molecular weight excluding hydrogens is 476 g/mol. The summed E-state index contributed by atoms with van der Waals surface area (Å²) in [5.74, 6) is -0.128. The molecular formula is C28H23F2N5O2. The number of nitriles is 1. The van der Waals surface area contributed by atoms with E-state index in [0.717, 1.165) is 11.1 Å². The highest BCUT2D eigenvalue weighted by Crippen LogP contribution is 2.39. The Kier molecular flexibility index (Phi) is 5.63. The highest BCUT2D eigenvalue weighted by Gasteiger charge is 2.33. The molecule has 3 aromatic carbocycles. The SMILES string of the molecule is CN1C[C@@H](n2c(NC#N)nc3cc(C=C4c5ccc(F)cc5OCc5c(F)cccc54)ccc32)[C@@H](O)C1. The molecule has 6 rings (SSSR count). The van der Waals surface area contributed by atoms with Crippen molar-refractivity contribution in [2.24, 2.45) is 0 Å². The Morgan fingerprint density at radius 1 is 1.14 bits per heavy atom. The number of fused-ring (bicyclic) bond motifs is 3. The van der Waals surface area contributed by atoms with Crippen LogP contribution in [0, 0.1) is 23.1 Å². The minimum Gasteiger partial charge on any atom is -0.488 e. The zero-order chi connectivity index (χ0) is 25.7. The molecule has 1 fully saturated rings. The van der Waals surface area contributed by atoms with E-state index in [1.807, 2.05) is 53.0 Å². The quantitative estimate of drug-likeness (QED) is 0.318. The van der Waals surface area contributed by atoms with Gasteiger partial charge in [0.2, 0.25) is 5.95 Å². The van der Waals surface area contributed by atoms with Crippen molar-refractivity contribution in [3.8, 4) is 11.9 Å². The standard InChI is InChI=1S/C28H23F2N5O2/c1-34-12-25(26(36)13-34)35-24-8-5-16(10-23(24)33-28(35)32-15-31)9-20-18-3-2-4-22(30)21(18)14-37-27-11-17(29)6-7-19(20)27/h2-11,25-26,36H,12-14H2,1H3,(H,32,33)/t25-,26+/m1/s1. The molecule has 2 aliphatic rings. The maximum Gasteiger partial charge on any atom is 0.217 e. The molecule has 0 aliphatic carbocycles. The summed E-state index contributed by atoms with van der Waals surface area (Å²) in [6.45, 7) is 1.13. The fraction of sp³-hybridized carbons (Fsp3) is 0.214. The van der Waals surface area contributed by atoms with Crippen LogP contribution in [-0.4, -0.2) is 45.8 Å². The van der Waals surface area contributed by atoms with E-state index >= 15 is 0 Å². The molecule has 0 radical (unpaired) electrons. The van der Waals surface area contributed by atoms with Crippen molar-refractivity contribution >= 4 is 28.6 Å². The number of rotatable bonds is 3. The monoisotopic (exact) mass is 499 g/mol. The van der Waals surface area contributed by atoms with Gasteiger partial charge >= 0.3 is 0 Å². The second-order valence-electron chi connectivity index (χ2n) is 9.40. The molecule has 4 aromatic rings. The molecule has 1 aromatic heterocycles. The van der Waals surface area contributed by atoms with Crippen LogP contribution in [0.3, 0.4) is 0 Å². The predicted molar refractivity (Wildman–Crippen MR) is 136 cm³/mol. The summed E-state index contributed by atoms with van der Waals surface area (Å²) in [6, 6.07) is 14.6. The number of nitrogens with one attached hydrogen (secondary N) is 1. The molecule has 0 unspecified atom stereocenters. The van der Waals surface area contributed by atoms with Gasteiger partial charge in [0, 0.05) is 30.3 Å². The lowest BCUT2D eigenvalue weighted by Gasteiger charge is -2.18. The Balaban J connectivity index is 1.51. The van der Waals surface area contributed by atoms with Crippen LogP contribution in [0.2, 0.25) is 0 Å². The van der Waals surface area contributed by atoms with Gasteiger partial charge < -0.3 is 19.3 Å². The number of imidazole rings is 1. The van der Waals surface area contributed by atoms with Crippen LogP contribution < -0.4 is 10.1 Å². The summed E-state index contributed by atoms with van der Waals surface area (Å²) in [5, 5.41) is 22.6. The lowest BCUT2D eigenvalue weighted by Crippen LogP contribution is -2.23. The maximum atomic E-state index is 14.8. The van der Waals surface area contributed by atoms with Gasteiger partial charge in [0.15, 0.2) is 6.19 Å². The third-order valence-electron chi connectivity index (χ3n) is 6.98. The minimum absolute atomic E-state index is 0.0133. The zero-order valence-electron chi connectivity index (χ0n) is 19.9. The van der Waals surface area contributed by atoms with Gasteiger partial charge in [0.05, 0.1) is 23.2 Å². The van der Waals surface area contributed by atoms with Gasteiger partial charge in [-0.05, 0) is 60.2 Å². The number of nitrogens with zero attached hydrogens (tertiary/aromatic N) is 4. The second kappa shape index (κ2) is 9.00. The average molecular weight is 500 g/mol. The molecule has 9 heteroatoms. The van der Waals surface area contributed by atoms with E-state index < -0.39 is 17.7 Å². The van der Waals surface area contributed by atoms with Crippen molar-refractivity contribution in [1.29, 1.82) is 5.26 Å². The second-order valence-corrected chi connectivity index (χ2v) is 9.40. The molecule has 2 N–H and O–H groups in total. The smallest absolute Gasteiger partial charge is 0.217 e. The van der Waals surface area contributed by atoms with Crippen LogP contribution in [0.15, 0.2) is 54.6 Å². The molecule has 2 atom stereocenters. The van der Waals surface area contributed by atoms with E-state index in [4.69, 9.17) is 4.74 Å². The Bertz CT molecular complexity index is 1610. The van der Waals surface area contributed by atoms with E-state index in [-0.39, 0.29) is 12.6 Å². The summed E-state index contributed by atoms with van der Waals surface area (Å²) >= 11 is 0. The van der Waals surface area contributed by atoms with Gasteiger partial charge in [0.1, 0.15) is 24.0 Å². The van der Waals surface area contributed by atoms with Crippen LogP contribution in [0.4, 0.5) is 14.7 Å². The molecule has 186 valence electrons. The Labute approximate surface area is 211 Å². The highest BCUT2D eigenvalue weighted by atomic mass is 19.1. The lowest BCUT2D eigenvalue weighted by molar-refractivity contribution is 0.148. The van der Waals surface area contributed by atoms with Gasteiger partial charge in [-0.3, -0.25) is 5.32 Å². The number of aromatic nitrogens is 2. The number of benzene rings is 3. The maximum absolute atomic E-state index is 14.8. The number of likely N-dealkylation sites (N-methyl/N-ethyl adjacent to an activating group) is 1. The number of likely N-dealkylation sites (tertiary alicyclic amines) is 1. The van der Waals surface area contributed by atoms with Crippen LogP contribution in [0.25, 0.3) is 22.7 Å². The molecule has 0 saturated carbocycles. The Morgan fingerprint density at radius 3 is 2.78 bits per heavy atom. The van der Waals surface area contributed by atoms with Crippen molar-refractivity contribution in [2.45, 2.75) is 18.8 Å². The number of anilines is 1. The molecule has 7 nitrogen and oxygen atoms in total. The normalized spacial score (nSPS) is 20.2. The summed E-state index contributed by atoms with van der Waals surface area (Å²) in [5.41, 5.74) is 4.61. The lowest BCUT2D eigenvalue weighted by atomic mass is 9.92. The van der Waals surface area contributed by atoms with Crippen molar-refractivity contribution in [3.05, 3.63) is 88.5 Å². The van der Waals surface area contributed by atoms with Crippen molar-refractivity contribution in [2.75, 3.05) is 25.5 Å². The van der Waals surface area contributed by atoms with Gasteiger partial charge in [-0.2, -0.15) is 5.26 Å². The van der Waals surface area contributed by atoms with Gasteiger partial charge in [-0.25, -0.2) is 13.8 Å². The number of aliphatic hydroxyl groups is 1. The molecule has 0 bridgehead atoms. The summed E-state index contributed by atoms with van der Waals surface area (Å²) in [4.78, 5) is 6.66. The van der Waals surface area contributed by atoms with E-state index in [1.54, 1.807) is 12.1 Å². The van der Waals surface area contributed by atoms with Gasteiger partial charge in [0.25, 0.3) is 0 Å². The number of aliphatic hydroxyl groups excluding tert-OH is 1. The third-order valence-corrected chi connectivity index (χ3v) is 6.98. The first-order valence-corrected chi connectivity index (χ1v) is 11.9. The minimum atomic E-state index is -0.599. The molecule has 3 heterocycles. The number of ether oxygens (including phenoxy) is 1. The first kappa shape index (κ1) is 23.2. The van der Waals surface area contributed by atoms with Gasteiger partial charge in [-0.15, -0.1) is 0 Å². The van der Waals surface area contributed by atoms with E-state index in [9.17, 15) is 19.1 Å². The zero-order valence-corrected chi connectivity index (χ0v) is 19.9. The van der Waals surface area contributed by atoms with E-state index in [1.165, 1.54) is 18.2 Å². The molecule has 1 saturated heterocycles. The van der Waals surface area contributed by atoms with E-state index in [2.05, 4.69) is 10.3 Å². The fourth-order valence-corrected chi connectivity index (χ4v) is 5.30. The molecule has 37 heavy (non-hydrogen) atoms. The van der Waals surface area contributed by atoms with Crippen LogP contribution in [0.5, 0.6) is 5.75 Å². The number of β-amino-alcohol motifs (C(OH)–C–C–N with tert-alkyl or cyclic N) is 1. The number of hydrogen-bond acceptors (Lipinski definition) is 6. The number of hydrogen-bond donors (Lipinski definition) is 2. The molecule has 2 aliphatic heterocycles. The van der Waals surface area contributed by atoms with Crippen molar-refractivity contribution < 1.29 is 18.6 Å². The first-order valence-electron chi connectivity index (χ1n) is 11.9. The van der Waals surface area contributed by atoms with Crippen LogP contribution >= 0.6 is 0 Å². The topological polar surface area (TPSA) is 86.3 Å². The van der Waals surface area contributed by atoms with E-state index in [0.29, 0.717) is 52.6 Å². The number of halogens is 2. The van der Waals surface area contributed by atoms with Crippen LogP contribution in [0.1, 0.15) is 28.3 Å². The largest absolute Gasteiger partial charge is 0.488 e. The average Bonchev–Trinajstić information content (AvgIpc) is 3.34. The fourth-order valence-electron chi connectivity index (χ4n) is 5.30. The molecule has 0 amide bonds. The Hall–Kier alpha value is -4.26. The van der Waals surface area contributed by atoms with Crippen molar-refractivity contribution in [3.63, 3.8) is 0 Å². The van der Waals surface area contributed by atoms with Gasteiger partial charge in [-0.1, -0.05) is 18.2 Å². The molecule has 0 spiro atoms. The summed E-state index contributed by atoms with van der Waals surface area (Å²) < 4.78 is 36.4. The third kappa shape index (κ3) is 4.00. The summed E-state index contributed by atoms with van der Waals surface area (Å²) in [7, 11) is 1.94. The Morgan fingerprint density at radius 2 is 2.00 bits per heavy atom. The van der Waals surface area contributed by atoms with Crippen LogP contribution in [-0.2, 0) is 6.61 Å².